The average molecular weight is 567 g/mol. The molecule has 5 rings (SSSR count). The molecule has 220 valence electrons. The summed E-state index contributed by atoms with van der Waals surface area (Å²) in [5.41, 5.74) is 12.9. The molecule has 1 aliphatic heterocycles. The van der Waals surface area contributed by atoms with Crippen molar-refractivity contribution in [1.82, 2.24) is 4.90 Å². The molecule has 0 unspecified atom stereocenters. The number of rotatable bonds is 10. The minimum Gasteiger partial charge on any atom is -0.392 e. The van der Waals surface area contributed by atoms with Crippen LogP contribution in [0.5, 0.6) is 0 Å². The number of hydrogen-bond donors (Lipinski definition) is 3. The van der Waals surface area contributed by atoms with E-state index in [-0.39, 0.29) is 30.8 Å². The third-order valence-corrected chi connectivity index (χ3v) is 8.56. The topological polar surface area (TPSA) is 88.2 Å². The van der Waals surface area contributed by atoms with E-state index in [1.165, 1.54) is 0 Å². The maximum atomic E-state index is 11.1. The number of ether oxygens (including phenoxy) is 2. The second-order valence-corrected chi connectivity index (χ2v) is 11.4. The first-order valence-electron chi connectivity index (χ1n) is 14.7. The summed E-state index contributed by atoms with van der Waals surface area (Å²) in [5.74, 6) is 0.0445. The molecule has 6 heteroatoms. The lowest BCUT2D eigenvalue weighted by molar-refractivity contribution is -0.276. The Morgan fingerprint density at radius 1 is 0.810 bits per heavy atom. The maximum Gasteiger partial charge on any atom is 0.184 e. The fourth-order valence-corrected chi connectivity index (χ4v) is 5.66. The number of aliphatic hydroxyl groups is 2. The number of benzene rings is 4. The lowest BCUT2D eigenvalue weighted by atomic mass is 9.89. The number of nitrogens with two attached hydrogens (primary N) is 1. The highest BCUT2D eigenvalue weighted by Gasteiger charge is 2.39. The van der Waals surface area contributed by atoms with Gasteiger partial charge in [-0.05, 0) is 53.4 Å². The van der Waals surface area contributed by atoms with Gasteiger partial charge in [-0.3, -0.25) is 4.90 Å². The molecule has 1 fully saturated rings. The van der Waals surface area contributed by atoms with Crippen molar-refractivity contribution in [2.45, 2.75) is 57.6 Å². The van der Waals surface area contributed by atoms with E-state index in [4.69, 9.17) is 15.2 Å². The van der Waals surface area contributed by atoms with Crippen LogP contribution in [0, 0.1) is 5.92 Å². The Morgan fingerprint density at radius 3 is 2.17 bits per heavy atom. The van der Waals surface area contributed by atoms with Gasteiger partial charge in [-0.2, -0.15) is 0 Å². The Morgan fingerprint density at radius 2 is 1.50 bits per heavy atom. The molecule has 6 nitrogen and oxygen atoms in total. The van der Waals surface area contributed by atoms with Crippen LogP contribution in [0.15, 0.2) is 103 Å². The van der Waals surface area contributed by atoms with Gasteiger partial charge >= 0.3 is 0 Å². The van der Waals surface area contributed by atoms with Gasteiger partial charge in [0.05, 0.1) is 24.9 Å². The van der Waals surface area contributed by atoms with Crippen molar-refractivity contribution < 1.29 is 19.7 Å². The van der Waals surface area contributed by atoms with Crippen molar-refractivity contribution in [2.24, 2.45) is 11.7 Å². The van der Waals surface area contributed by atoms with Crippen molar-refractivity contribution in [2.75, 3.05) is 13.6 Å². The van der Waals surface area contributed by atoms with Crippen molar-refractivity contribution >= 4 is 0 Å². The van der Waals surface area contributed by atoms with Crippen LogP contribution in [-0.2, 0) is 22.6 Å². The van der Waals surface area contributed by atoms with Crippen molar-refractivity contribution in [3.05, 3.63) is 131 Å². The number of nitrogens with zero attached hydrogens (tertiary/aromatic N) is 1. The van der Waals surface area contributed by atoms with Crippen LogP contribution in [0.2, 0.25) is 0 Å². The molecule has 4 aromatic rings. The van der Waals surface area contributed by atoms with Gasteiger partial charge in [0.2, 0.25) is 0 Å². The SMILES string of the molecule is C[C@@H]1[C@H](CN(C)[C@H](C)[C@@H](O)c2ccccc2)O[C@H](c2ccc(-c3cccc(CN)c3)cc2)O[C@@H]1c1ccc(CO)cc1. The van der Waals surface area contributed by atoms with Crippen LogP contribution in [0.4, 0.5) is 0 Å². The zero-order valence-electron chi connectivity index (χ0n) is 24.6. The normalized spacial score (nSPS) is 22.2. The minimum atomic E-state index is -0.616. The lowest BCUT2D eigenvalue weighted by Gasteiger charge is -2.43. The third kappa shape index (κ3) is 6.81. The van der Waals surface area contributed by atoms with Crippen LogP contribution in [0.3, 0.4) is 0 Å². The van der Waals surface area contributed by atoms with Crippen molar-refractivity contribution in [1.29, 1.82) is 0 Å². The summed E-state index contributed by atoms with van der Waals surface area (Å²) in [4.78, 5) is 2.17. The number of aliphatic hydroxyl groups excluding tert-OH is 2. The molecule has 0 spiro atoms. The quantitative estimate of drug-likeness (QED) is 0.213. The van der Waals surface area contributed by atoms with Crippen molar-refractivity contribution in [3.63, 3.8) is 0 Å². The van der Waals surface area contributed by atoms with Gasteiger partial charge in [0.15, 0.2) is 6.29 Å². The molecule has 4 aromatic carbocycles. The van der Waals surface area contributed by atoms with E-state index in [1.807, 2.05) is 80.7 Å². The molecular weight excluding hydrogens is 524 g/mol. The summed E-state index contributed by atoms with van der Waals surface area (Å²) in [6.45, 7) is 5.34. The van der Waals surface area contributed by atoms with E-state index in [0.717, 1.165) is 38.9 Å². The van der Waals surface area contributed by atoms with Crippen LogP contribution < -0.4 is 5.73 Å². The molecule has 1 aliphatic rings. The first kappa shape index (κ1) is 30.1. The summed E-state index contributed by atoms with van der Waals surface area (Å²) in [6.07, 6.45) is -1.53. The second kappa shape index (κ2) is 13.7. The molecule has 42 heavy (non-hydrogen) atoms. The second-order valence-electron chi connectivity index (χ2n) is 11.4. The summed E-state index contributed by atoms with van der Waals surface area (Å²) < 4.78 is 13.3. The Bertz CT molecular complexity index is 1410. The first-order chi connectivity index (χ1) is 20.4. The molecular formula is C36H42N2O4. The molecule has 6 atom stereocenters. The van der Waals surface area contributed by atoms with E-state index < -0.39 is 12.4 Å². The summed E-state index contributed by atoms with van der Waals surface area (Å²) >= 11 is 0. The van der Waals surface area contributed by atoms with E-state index in [0.29, 0.717) is 13.1 Å². The molecule has 0 aliphatic carbocycles. The molecule has 0 radical (unpaired) electrons. The average Bonchev–Trinajstić information content (AvgIpc) is 3.05. The molecule has 4 N–H and O–H groups in total. The fourth-order valence-electron chi connectivity index (χ4n) is 5.66. The first-order valence-corrected chi connectivity index (χ1v) is 14.7. The van der Waals surface area contributed by atoms with Crippen molar-refractivity contribution in [3.8, 4) is 11.1 Å². The summed E-state index contributed by atoms with van der Waals surface area (Å²) in [6, 6.07) is 34.2. The number of likely N-dealkylation sites (N-methyl/N-ethyl adjacent to an activating group) is 1. The molecule has 0 aromatic heterocycles. The van der Waals surface area contributed by atoms with Gasteiger partial charge in [0, 0.05) is 30.6 Å². The van der Waals surface area contributed by atoms with Gasteiger partial charge in [0.25, 0.3) is 0 Å². The smallest absolute Gasteiger partial charge is 0.184 e. The van der Waals surface area contributed by atoms with Crippen LogP contribution in [-0.4, -0.2) is 40.9 Å². The summed E-state index contributed by atoms with van der Waals surface area (Å²) in [5, 5.41) is 20.6. The van der Waals surface area contributed by atoms with E-state index >= 15 is 0 Å². The predicted octanol–water partition coefficient (Wildman–Crippen LogP) is 6.15. The maximum absolute atomic E-state index is 11.1. The van der Waals surface area contributed by atoms with Crippen LogP contribution in [0.25, 0.3) is 11.1 Å². The predicted molar refractivity (Wildman–Crippen MR) is 166 cm³/mol. The molecule has 1 heterocycles. The summed E-state index contributed by atoms with van der Waals surface area (Å²) in [7, 11) is 2.03. The fraction of sp³-hybridized carbons (Fsp3) is 0.333. The molecule has 1 saturated heterocycles. The Hall–Kier alpha value is -3.36. The van der Waals surface area contributed by atoms with E-state index in [2.05, 4.69) is 48.2 Å². The van der Waals surface area contributed by atoms with Gasteiger partial charge in [0.1, 0.15) is 0 Å². The van der Waals surface area contributed by atoms with Gasteiger partial charge < -0.3 is 25.4 Å². The van der Waals surface area contributed by atoms with Gasteiger partial charge in [-0.1, -0.05) is 104 Å². The Labute approximate surface area is 249 Å². The van der Waals surface area contributed by atoms with Crippen LogP contribution >= 0.6 is 0 Å². The van der Waals surface area contributed by atoms with Crippen LogP contribution in [0.1, 0.15) is 60.2 Å². The molecule has 0 amide bonds. The number of hydrogen-bond acceptors (Lipinski definition) is 6. The molecule has 0 saturated carbocycles. The Balaban J connectivity index is 1.39. The van der Waals surface area contributed by atoms with Gasteiger partial charge in [-0.25, -0.2) is 0 Å². The highest BCUT2D eigenvalue weighted by molar-refractivity contribution is 5.64. The standard InChI is InChI=1S/C36H42N2O4/c1-24-33(22-38(3)25(2)34(40)29-9-5-4-6-10-29)41-36(42-35(24)30-14-12-26(23-39)13-15-30)31-18-16-28(17-19-31)32-11-7-8-27(20-32)21-37/h4-20,24-25,33-36,39-40H,21-23,37H2,1-3H3/t24-,25-,33+,34-,35+,36+/m1/s1. The molecule has 0 bridgehead atoms. The monoisotopic (exact) mass is 566 g/mol. The van der Waals surface area contributed by atoms with E-state index in [1.54, 1.807) is 0 Å². The Kier molecular flexibility index (Phi) is 9.85. The van der Waals surface area contributed by atoms with E-state index in [9.17, 15) is 10.2 Å². The zero-order chi connectivity index (χ0) is 29.6. The minimum absolute atomic E-state index is 0.00266. The third-order valence-electron chi connectivity index (χ3n) is 8.56. The lowest BCUT2D eigenvalue weighted by Crippen LogP contribution is -2.46. The highest BCUT2D eigenvalue weighted by Crippen LogP contribution is 2.42. The largest absolute Gasteiger partial charge is 0.392 e. The highest BCUT2D eigenvalue weighted by atomic mass is 16.7. The zero-order valence-corrected chi connectivity index (χ0v) is 24.6. The van der Waals surface area contributed by atoms with Gasteiger partial charge in [-0.15, -0.1) is 0 Å².